The maximum absolute atomic E-state index is 10.4. The summed E-state index contributed by atoms with van der Waals surface area (Å²) in [5, 5.41) is 19.3. The number of aliphatic hydroxyl groups is 2. The van der Waals surface area contributed by atoms with Crippen molar-refractivity contribution >= 4 is 0 Å². The van der Waals surface area contributed by atoms with E-state index >= 15 is 0 Å². The van der Waals surface area contributed by atoms with E-state index in [0.717, 1.165) is 11.1 Å². The summed E-state index contributed by atoms with van der Waals surface area (Å²) in [6.07, 6.45) is -0.776. The van der Waals surface area contributed by atoms with Gasteiger partial charge in [-0.2, -0.15) is 0 Å². The highest BCUT2D eigenvalue weighted by Gasteiger charge is 2.20. The second-order valence-corrected chi connectivity index (χ2v) is 6.06. The van der Waals surface area contributed by atoms with Crippen molar-refractivity contribution in [2.75, 3.05) is 26.4 Å². The normalized spacial score (nSPS) is 13.5. The molecule has 2 aromatic carbocycles. The van der Waals surface area contributed by atoms with Crippen LogP contribution in [0.1, 0.15) is 17.5 Å². The van der Waals surface area contributed by atoms with E-state index in [0.29, 0.717) is 26.2 Å². The molecule has 0 amide bonds. The molecule has 0 spiro atoms. The van der Waals surface area contributed by atoms with Crippen LogP contribution in [0.3, 0.4) is 0 Å². The van der Waals surface area contributed by atoms with Crippen LogP contribution in [0.5, 0.6) is 0 Å². The molecule has 26 heavy (non-hydrogen) atoms. The quantitative estimate of drug-likeness (QED) is 0.537. The van der Waals surface area contributed by atoms with Gasteiger partial charge in [0.15, 0.2) is 0 Å². The third-order valence-electron chi connectivity index (χ3n) is 3.86. The van der Waals surface area contributed by atoms with Gasteiger partial charge in [-0.25, -0.2) is 0 Å². The molecule has 0 aliphatic carbocycles. The Labute approximate surface area is 155 Å². The van der Waals surface area contributed by atoms with E-state index in [4.69, 9.17) is 19.3 Å². The number of rotatable bonds is 13. The Kier molecular flexibility index (Phi) is 9.94. The lowest BCUT2D eigenvalue weighted by Crippen LogP contribution is -2.37. The maximum atomic E-state index is 10.4. The van der Waals surface area contributed by atoms with Crippen molar-refractivity contribution in [3.05, 3.63) is 71.8 Å². The van der Waals surface area contributed by atoms with E-state index in [1.807, 2.05) is 60.7 Å². The van der Waals surface area contributed by atoms with Gasteiger partial charge in [0.25, 0.3) is 0 Å². The standard InChI is InChI=1S/C21H28O5/c22-12-7-13-26-21(17-25-15-19-10-5-2-6-11-19)20(23)16-24-14-18-8-3-1-4-9-18/h1-6,8-11,20-23H,7,12-17H2/t20-,21+/m1/s1. The number of aliphatic hydroxyl groups excluding tert-OH is 2. The third kappa shape index (κ3) is 8.08. The molecule has 5 nitrogen and oxygen atoms in total. The Morgan fingerprint density at radius 3 is 1.85 bits per heavy atom. The Hall–Kier alpha value is -1.76. The SMILES string of the molecule is OCCCO[C@@H](COCc1ccccc1)[C@H](O)COCc1ccccc1. The molecule has 0 unspecified atom stereocenters. The minimum atomic E-state index is -0.798. The lowest BCUT2D eigenvalue weighted by molar-refractivity contribution is -0.108. The van der Waals surface area contributed by atoms with Crippen molar-refractivity contribution in [2.24, 2.45) is 0 Å². The zero-order valence-corrected chi connectivity index (χ0v) is 15.0. The number of hydrogen-bond acceptors (Lipinski definition) is 5. The highest BCUT2D eigenvalue weighted by atomic mass is 16.5. The van der Waals surface area contributed by atoms with Gasteiger partial charge in [-0.3, -0.25) is 0 Å². The summed E-state index contributed by atoms with van der Waals surface area (Å²) in [7, 11) is 0. The van der Waals surface area contributed by atoms with E-state index < -0.39 is 12.2 Å². The molecule has 0 aliphatic heterocycles. The fraction of sp³-hybridized carbons (Fsp3) is 0.429. The molecule has 0 saturated carbocycles. The fourth-order valence-electron chi connectivity index (χ4n) is 2.42. The summed E-state index contributed by atoms with van der Waals surface area (Å²) < 4.78 is 17.0. The molecule has 0 aliphatic rings. The van der Waals surface area contributed by atoms with Gasteiger partial charge >= 0.3 is 0 Å². The minimum Gasteiger partial charge on any atom is -0.396 e. The lowest BCUT2D eigenvalue weighted by atomic mass is 10.2. The Bertz CT molecular complexity index is 575. The van der Waals surface area contributed by atoms with Crippen molar-refractivity contribution in [3.63, 3.8) is 0 Å². The van der Waals surface area contributed by atoms with Gasteiger partial charge in [-0.05, 0) is 17.5 Å². The molecule has 0 saturated heterocycles. The van der Waals surface area contributed by atoms with Crippen LogP contribution in [-0.2, 0) is 27.4 Å². The number of hydrogen-bond donors (Lipinski definition) is 2. The topological polar surface area (TPSA) is 68.2 Å². The highest BCUT2D eigenvalue weighted by molar-refractivity contribution is 5.14. The molecule has 2 rings (SSSR count). The first-order valence-electron chi connectivity index (χ1n) is 8.93. The third-order valence-corrected chi connectivity index (χ3v) is 3.86. The van der Waals surface area contributed by atoms with Crippen molar-refractivity contribution in [1.29, 1.82) is 0 Å². The smallest absolute Gasteiger partial charge is 0.109 e. The summed E-state index contributed by atoms with van der Waals surface area (Å²) in [5.41, 5.74) is 2.12. The molecule has 5 heteroatoms. The van der Waals surface area contributed by atoms with Crippen molar-refractivity contribution in [2.45, 2.75) is 31.8 Å². The van der Waals surface area contributed by atoms with Gasteiger partial charge < -0.3 is 24.4 Å². The van der Waals surface area contributed by atoms with E-state index in [9.17, 15) is 5.11 Å². The van der Waals surface area contributed by atoms with Gasteiger partial charge in [0.1, 0.15) is 12.2 Å². The van der Waals surface area contributed by atoms with E-state index in [2.05, 4.69) is 0 Å². The molecule has 0 bridgehead atoms. The number of ether oxygens (including phenoxy) is 3. The zero-order valence-electron chi connectivity index (χ0n) is 15.0. The summed E-state index contributed by atoms with van der Waals surface area (Å²) in [6.45, 7) is 1.73. The molecule has 0 heterocycles. The zero-order chi connectivity index (χ0) is 18.5. The Morgan fingerprint density at radius 1 is 0.769 bits per heavy atom. The van der Waals surface area contributed by atoms with Gasteiger partial charge in [-0.15, -0.1) is 0 Å². The summed E-state index contributed by atoms with van der Waals surface area (Å²) in [6, 6.07) is 19.7. The predicted octanol–water partition coefficient (Wildman–Crippen LogP) is 2.55. The molecule has 142 valence electrons. The van der Waals surface area contributed by atoms with Crippen molar-refractivity contribution in [3.8, 4) is 0 Å². The van der Waals surface area contributed by atoms with Crippen LogP contribution in [0.4, 0.5) is 0 Å². The van der Waals surface area contributed by atoms with Crippen LogP contribution in [0.25, 0.3) is 0 Å². The van der Waals surface area contributed by atoms with Crippen LogP contribution in [0, 0.1) is 0 Å². The van der Waals surface area contributed by atoms with E-state index in [-0.39, 0.29) is 19.8 Å². The first-order chi connectivity index (χ1) is 12.8. The lowest BCUT2D eigenvalue weighted by Gasteiger charge is -2.23. The average Bonchev–Trinajstić information content (AvgIpc) is 2.68. The van der Waals surface area contributed by atoms with Crippen LogP contribution < -0.4 is 0 Å². The Morgan fingerprint density at radius 2 is 1.31 bits per heavy atom. The van der Waals surface area contributed by atoms with Crippen molar-refractivity contribution in [1.82, 2.24) is 0 Å². The van der Waals surface area contributed by atoms with Gasteiger partial charge in [0.2, 0.25) is 0 Å². The van der Waals surface area contributed by atoms with E-state index in [1.54, 1.807) is 0 Å². The summed E-state index contributed by atoms with van der Waals surface area (Å²) >= 11 is 0. The average molecular weight is 360 g/mol. The molecular weight excluding hydrogens is 332 g/mol. The monoisotopic (exact) mass is 360 g/mol. The summed E-state index contributed by atoms with van der Waals surface area (Å²) in [4.78, 5) is 0. The largest absolute Gasteiger partial charge is 0.396 e. The van der Waals surface area contributed by atoms with Crippen LogP contribution in [0.2, 0.25) is 0 Å². The first-order valence-corrected chi connectivity index (χ1v) is 8.93. The predicted molar refractivity (Wildman–Crippen MR) is 99.6 cm³/mol. The maximum Gasteiger partial charge on any atom is 0.109 e. The van der Waals surface area contributed by atoms with Gasteiger partial charge in [0, 0.05) is 13.2 Å². The summed E-state index contributed by atoms with van der Waals surface area (Å²) in [5.74, 6) is 0. The minimum absolute atomic E-state index is 0.0538. The van der Waals surface area contributed by atoms with Crippen LogP contribution in [-0.4, -0.2) is 48.8 Å². The molecule has 0 radical (unpaired) electrons. The molecule has 0 aromatic heterocycles. The van der Waals surface area contributed by atoms with Crippen molar-refractivity contribution < 1.29 is 24.4 Å². The van der Waals surface area contributed by atoms with Crippen LogP contribution >= 0.6 is 0 Å². The second kappa shape index (κ2) is 12.6. The Balaban J connectivity index is 1.75. The molecule has 0 fully saturated rings. The highest BCUT2D eigenvalue weighted by Crippen LogP contribution is 2.08. The van der Waals surface area contributed by atoms with Crippen LogP contribution in [0.15, 0.2) is 60.7 Å². The second-order valence-electron chi connectivity index (χ2n) is 6.06. The van der Waals surface area contributed by atoms with Gasteiger partial charge in [-0.1, -0.05) is 60.7 Å². The molecule has 2 N–H and O–H groups in total. The molecular formula is C21H28O5. The fourth-order valence-corrected chi connectivity index (χ4v) is 2.42. The first kappa shape index (κ1) is 20.6. The molecule has 2 atom stereocenters. The van der Waals surface area contributed by atoms with Gasteiger partial charge in [0.05, 0.1) is 26.4 Å². The molecule has 2 aromatic rings. The van der Waals surface area contributed by atoms with E-state index in [1.165, 1.54) is 0 Å². The number of benzene rings is 2.